The first-order valence-corrected chi connectivity index (χ1v) is 15.1. The van der Waals surface area contributed by atoms with E-state index in [1.165, 1.54) is 12.1 Å². The van der Waals surface area contributed by atoms with Crippen LogP contribution in [0.15, 0.2) is 67.3 Å². The Kier molecular flexibility index (Phi) is 10.2. The molecule has 1 saturated carbocycles. The number of hydrogen-bond donors (Lipinski definition) is 2. The van der Waals surface area contributed by atoms with E-state index in [0.29, 0.717) is 24.5 Å². The SMILES string of the molecule is O=C(NCC(=O)N1CC[C@@H]2[C@@H]1CCCN2C1CCC(O)CC1)c1cccc(C(F)(F)F)c1.[HH].[HH].c1cnc(-c2cccnc2)nc1. The second kappa shape index (κ2) is 14.3. The van der Waals surface area contributed by atoms with Crippen LogP contribution in [-0.4, -0.2) is 85.5 Å². The molecule has 2 N–H and O–H groups in total. The molecule has 9 nitrogen and oxygen atoms in total. The molecule has 0 radical (unpaired) electrons. The molecule has 0 spiro atoms. The largest absolute Gasteiger partial charge is 0.416 e. The third kappa shape index (κ3) is 7.78. The Morgan fingerprint density at radius 1 is 0.932 bits per heavy atom. The fourth-order valence-corrected chi connectivity index (χ4v) is 6.51. The van der Waals surface area contributed by atoms with E-state index in [0.717, 1.165) is 69.2 Å². The number of aliphatic hydroxyl groups is 1. The molecular formula is C32H41F3N6O3. The van der Waals surface area contributed by atoms with Crippen molar-refractivity contribution in [1.29, 1.82) is 0 Å². The number of alkyl halides is 3. The molecule has 238 valence electrons. The lowest BCUT2D eigenvalue weighted by Crippen LogP contribution is -2.55. The molecule has 2 aromatic heterocycles. The summed E-state index contributed by atoms with van der Waals surface area (Å²) in [6.07, 6.45) is 8.59. The maximum atomic E-state index is 12.9. The highest BCUT2D eigenvalue weighted by Gasteiger charge is 2.44. The molecule has 6 rings (SSSR count). The Labute approximate surface area is 257 Å². The zero-order valence-corrected chi connectivity index (χ0v) is 24.4. The lowest BCUT2D eigenvalue weighted by Gasteiger charge is -2.45. The summed E-state index contributed by atoms with van der Waals surface area (Å²) in [6.45, 7) is 1.41. The van der Waals surface area contributed by atoms with Crippen LogP contribution in [0, 0.1) is 0 Å². The van der Waals surface area contributed by atoms with Crippen LogP contribution in [0.1, 0.15) is 63.7 Å². The number of hydrogen-bond acceptors (Lipinski definition) is 7. The van der Waals surface area contributed by atoms with E-state index in [2.05, 4.69) is 25.2 Å². The molecule has 3 aromatic rings. The van der Waals surface area contributed by atoms with Crippen LogP contribution in [0.4, 0.5) is 13.2 Å². The smallest absolute Gasteiger partial charge is 0.393 e. The second-order valence-electron chi connectivity index (χ2n) is 11.4. The summed E-state index contributed by atoms with van der Waals surface area (Å²) in [5, 5.41) is 12.3. The maximum Gasteiger partial charge on any atom is 0.416 e. The quantitative estimate of drug-likeness (QED) is 0.423. The van der Waals surface area contributed by atoms with Gasteiger partial charge in [-0.25, -0.2) is 9.97 Å². The molecule has 4 heterocycles. The number of amides is 2. The van der Waals surface area contributed by atoms with Gasteiger partial charge in [-0.15, -0.1) is 0 Å². The Morgan fingerprint density at radius 2 is 1.70 bits per heavy atom. The number of carbonyl (C=O) groups excluding carboxylic acids is 2. The van der Waals surface area contributed by atoms with Crippen molar-refractivity contribution in [3.05, 3.63) is 78.4 Å². The standard InChI is InChI=1S/C23H30F3N3O3.C9H7N3.2H2/c24-23(25,26)16-4-1-3-15(13-16)22(32)27-14-21(31)29-12-10-20-19(29)5-2-11-28(20)17-6-8-18(30)9-7-17;1-3-8(7-10-4-1)9-11-5-2-6-12-9;;/h1,3-4,13,17-20,30H,2,5-12,14H2,(H,27,32);1-7H;2*1H/t17?,18?,19-,20+;;;/m0.../s1. The minimum Gasteiger partial charge on any atom is -0.393 e. The Bertz CT molecular complexity index is 1360. The normalized spacial score (nSPS) is 23.7. The van der Waals surface area contributed by atoms with Crippen molar-refractivity contribution in [2.75, 3.05) is 19.6 Å². The van der Waals surface area contributed by atoms with E-state index < -0.39 is 17.6 Å². The van der Waals surface area contributed by atoms with Crippen molar-refractivity contribution in [3.63, 3.8) is 0 Å². The fraction of sp³-hybridized carbons (Fsp3) is 0.469. The molecule has 0 bridgehead atoms. The van der Waals surface area contributed by atoms with Gasteiger partial charge < -0.3 is 15.3 Å². The summed E-state index contributed by atoms with van der Waals surface area (Å²) in [5.74, 6) is -0.171. The van der Waals surface area contributed by atoms with Gasteiger partial charge >= 0.3 is 6.18 Å². The fourth-order valence-electron chi connectivity index (χ4n) is 6.51. The molecule has 1 aromatic carbocycles. The predicted octanol–water partition coefficient (Wildman–Crippen LogP) is 4.83. The number of rotatable bonds is 5. The molecule has 44 heavy (non-hydrogen) atoms. The summed E-state index contributed by atoms with van der Waals surface area (Å²) < 4.78 is 38.7. The van der Waals surface area contributed by atoms with Crippen LogP contribution in [0.5, 0.6) is 0 Å². The number of pyridine rings is 1. The summed E-state index contributed by atoms with van der Waals surface area (Å²) in [7, 11) is 0. The van der Waals surface area contributed by atoms with E-state index in [4.69, 9.17) is 0 Å². The van der Waals surface area contributed by atoms with Crippen LogP contribution >= 0.6 is 0 Å². The highest BCUT2D eigenvalue weighted by atomic mass is 19.4. The third-order valence-corrected chi connectivity index (χ3v) is 8.65. The van der Waals surface area contributed by atoms with E-state index >= 15 is 0 Å². The van der Waals surface area contributed by atoms with E-state index in [1.807, 2.05) is 17.0 Å². The third-order valence-electron chi connectivity index (χ3n) is 8.65. The van der Waals surface area contributed by atoms with Gasteiger partial charge in [-0.05, 0) is 87.9 Å². The lowest BCUT2D eigenvalue weighted by atomic mass is 9.87. The van der Waals surface area contributed by atoms with Gasteiger partial charge in [0.05, 0.1) is 18.2 Å². The molecule has 3 fully saturated rings. The summed E-state index contributed by atoms with van der Waals surface area (Å²) in [4.78, 5) is 41.7. The van der Waals surface area contributed by atoms with Gasteiger partial charge in [-0.3, -0.25) is 19.5 Å². The highest BCUT2D eigenvalue weighted by Crippen LogP contribution is 2.35. The predicted molar refractivity (Wildman–Crippen MR) is 161 cm³/mol. The van der Waals surface area contributed by atoms with Crippen molar-refractivity contribution in [1.82, 2.24) is 30.1 Å². The van der Waals surface area contributed by atoms with Crippen molar-refractivity contribution in [2.45, 2.75) is 75.4 Å². The topological polar surface area (TPSA) is 112 Å². The zero-order chi connectivity index (χ0) is 31.1. The van der Waals surface area contributed by atoms with Gasteiger partial charge in [0, 0.05) is 63.4 Å². The van der Waals surface area contributed by atoms with Crippen molar-refractivity contribution in [2.24, 2.45) is 0 Å². The first kappa shape index (κ1) is 31.5. The Hall–Kier alpha value is -3.90. The van der Waals surface area contributed by atoms with Gasteiger partial charge in [0.2, 0.25) is 5.91 Å². The monoisotopic (exact) mass is 614 g/mol. The molecule has 2 aliphatic heterocycles. The van der Waals surface area contributed by atoms with Gasteiger partial charge in [-0.1, -0.05) is 6.07 Å². The number of aliphatic hydroxyl groups excluding tert-OH is 1. The average molecular weight is 615 g/mol. The van der Waals surface area contributed by atoms with Crippen molar-refractivity contribution < 1.29 is 30.7 Å². The molecule has 2 saturated heterocycles. The molecule has 12 heteroatoms. The second-order valence-corrected chi connectivity index (χ2v) is 11.4. The summed E-state index contributed by atoms with van der Waals surface area (Å²) >= 11 is 0. The lowest BCUT2D eigenvalue weighted by molar-refractivity contribution is -0.137. The van der Waals surface area contributed by atoms with E-state index in [-0.39, 0.29) is 33.0 Å². The first-order chi connectivity index (χ1) is 21.2. The Morgan fingerprint density at radius 3 is 2.41 bits per heavy atom. The number of carbonyl (C=O) groups is 2. The molecule has 2 atom stereocenters. The number of fused-ring (bicyclic) bond motifs is 1. The molecule has 2 amide bonds. The number of piperidine rings is 1. The van der Waals surface area contributed by atoms with Crippen molar-refractivity contribution in [3.8, 4) is 11.4 Å². The number of nitrogens with one attached hydrogen (secondary N) is 1. The van der Waals surface area contributed by atoms with Gasteiger partial charge in [-0.2, -0.15) is 13.2 Å². The number of benzene rings is 1. The zero-order valence-electron chi connectivity index (χ0n) is 24.4. The van der Waals surface area contributed by atoms with E-state index in [1.54, 1.807) is 30.9 Å². The molecule has 3 aliphatic rings. The average Bonchev–Trinajstić information content (AvgIpc) is 3.49. The van der Waals surface area contributed by atoms with Gasteiger partial charge in [0.25, 0.3) is 5.91 Å². The van der Waals surface area contributed by atoms with Gasteiger partial charge in [0.1, 0.15) is 0 Å². The summed E-state index contributed by atoms with van der Waals surface area (Å²) in [6, 6.07) is 10.6. The minimum absolute atomic E-state index is 0. The summed E-state index contributed by atoms with van der Waals surface area (Å²) in [5.41, 5.74) is -0.0651. The molecular weight excluding hydrogens is 573 g/mol. The maximum absolute atomic E-state index is 12.9. The van der Waals surface area contributed by atoms with Gasteiger partial charge in [0.15, 0.2) is 5.82 Å². The molecule has 0 unspecified atom stereocenters. The van der Waals surface area contributed by atoms with Crippen molar-refractivity contribution >= 4 is 11.8 Å². The van der Waals surface area contributed by atoms with Crippen LogP contribution < -0.4 is 5.32 Å². The Balaban J connectivity index is 0.000000346. The van der Waals surface area contributed by atoms with Crippen LogP contribution in [-0.2, 0) is 11.0 Å². The number of likely N-dealkylation sites (tertiary alicyclic amines) is 2. The highest BCUT2D eigenvalue weighted by molar-refractivity contribution is 5.96. The van der Waals surface area contributed by atoms with Crippen LogP contribution in [0.2, 0.25) is 0 Å². The number of halogens is 3. The molecule has 1 aliphatic carbocycles. The van der Waals surface area contributed by atoms with Crippen LogP contribution in [0.25, 0.3) is 11.4 Å². The van der Waals surface area contributed by atoms with E-state index in [9.17, 15) is 27.9 Å². The minimum atomic E-state index is -4.53. The van der Waals surface area contributed by atoms with Crippen LogP contribution in [0.3, 0.4) is 0 Å². The number of aromatic nitrogens is 3. The number of nitrogens with zero attached hydrogens (tertiary/aromatic N) is 5. The first-order valence-electron chi connectivity index (χ1n) is 15.1.